The first kappa shape index (κ1) is 21.7. The van der Waals surface area contributed by atoms with Gasteiger partial charge in [-0.05, 0) is 59.6 Å². The Morgan fingerprint density at radius 1 is 1.18 bits per heavy atom. The van der Waals surface area contributed by atoms with Crippen molar-refractivity contribution in [1.82, 2.24) is 9.88 Å². The molecule has 1 aromatic rings. The molecule has 1 saturated heterocycles. The van der Waals surface area contributed by atoms with Gasteiger partial charge in [-0.15, -0.1) is 0 Å². The van der Waals surface area contributed by atoms with E-state index in [1.54, 1.807) is 24.1 Å². The third-order valence-electron chi connectivity index (χ3n) is 4.09. The van der Waals surface area contributed by atoms with Crippen molar-refractivity contribution in [3.8, 4) is 5.75 Å². The van der Waals surface area contributed by atoms with Crippen molar-refractivity contribution in [2.45, 2.75) is 53.1 Å². The molecule has 154 valence electrons. The number of nitrogens with zero attached hydrogens (tertiary/aromatic N) is 2. The van der Waals surface area contributed by atoms with Crippen LogP contribution in [0.1, 0.15) is 63.5 Å². The van der Waals surface area contributed by atoms with Gasteiger partial charge in [-0.2, -0.15) is 0 Å². The van der Waals surface area contributed by atoms with E-state index in [9.17, 15) is 9.59 Å². The molecule has 1 aliphatic rings. The van der Waals surface area contributed by atoms with Crippen molar-refractivity contribution in [1.29, 1.82) is 0 Å². The summed E-state index contributed by atoms with van der Waals surface area (Å²) in [4.78, 5) is 30.5. The summed E-state index contributed by atoms with van der Waals surface area (Å²) >= 11 is 0. The van der Waals surface area contributed by atoms with Gasteiger partial charge in [-0.1, -0.05) is 5.57 Å². The quantitative estimate of drug-likeness (QED) is 0.705. The summed E-state index contributed by atoms with van der Waals surface area (Å²) in [6.07, 6.45) is 4.71. The van der Waals surface area contributed by atoms with E-state index >= 15 is 0 Å². The first-order valence-corrected chi connectivity index (χ1v) is 9.70. The van der Waals surface area contributed by atoms with E-state index in [1.807, 2.05) is 33.8 Å². The largest absolute Gasteiger partial charge is 0.491 e. The first-order valence-electron chi connectivity index (χ1n) is 9.70. The molecule has 1 amide bonds. The monoisotopic (exact) mass is 390 g/mol. The highest BCUT2D eigenvalue weighted by Crippen LogP contribution is 2.24. The molecule has 0 bridgehead atoms. The number of ether oxygens (including phenoxy) is 3. The maximum Gasteiger partial charge on any atom is 0.410 e. The van der Waals surface area contributed by atoms with Crippen LogP contribution in [0.3, 0.4) is 0 Å². The Morgan fingerprint density at radius 3 is 2.43 bits per heavy atom. The van der Waals surface area contributed by atoms with Crippen LogP contribution >= 0.6 is 0 Å². The number of piperidine rings is 1. The van der Waals surface area contributed by atoms with Gasteiger partial charge in [-0.3, -0.25) is 4.98 Å². The predicted molar refractivity (Wildman–Crippen MR) is 106 cm³/mol. The molecular weight excluding hydrogens is 360 g/mol. The highest BCUT2D eigenvalue weighted by molar-refractivity contribution is 5.93. The number of carbonyl (C=O) groups excluding carboxylic acids is 2. The van der Waals surface area contributed by atoms with Crippen molar-refractivity contribution >= 4 is 18.1 Å². The van der Waals surface area contributed by atoms with Crippen molar-refractivity contribution < 1.29 is 23.8 Å². The molecule has 28 heavy (non-hydrogen) atoms. The Labute approximate surface area is 166 Å². The molecule has 1 fully saturated rings. The number of likely N-dealkylation sites (tertiary alicyclic amines) is 1. The zero-order valence-electron chi connectivity index (χ0n) is 17.4. The van der Waals surface area contributed by atoms with E-state index < -0.39 is 11.6 Å². The third-order valence-corrected chi connectivity index (χ3v) is 4.09. The summed E-state index contributed by atoms with van der Waals surface area (Å²) in [6, 6.07) is 1.69. The third kappa shape index (κ3) is 6.25. The normalized spacial score (nSPS) is 14.5. The Kier molecular flexibility index (Phi) is 7.43. The molecule has 0 spiro atoms. The lowest BCUT2D eigenvalue weighted by Crippen LogP contribution is -2.40. The zero-order valence-corrected chi connectivity index (χ0v) is 17.4. The summed E-state index contributed by atoms with van der Waals surface area (Å²) in [7, 11) is 0. The molecular formula is C21H30N2O5. The van der Waals surface area contributed by atoms with E-state index in [1.165, 1.54) is 5.57 Å². The molecule has 1 aromatic heterocycles. The summed E-state index contributed by atoms with van der Waals surface area (Å²) in [5.41, 5.74) is 1.72. The first-order chi connectivity index (χ1) is 13.2. The molecule has 2 heterocycles. The van der Waals surface area contributed by atoms with Crippen molar-refractivity contribution in [3.63, 3.8) is 0 Å². The van der Waals surface area contributed by atoms with E-state index in [0.29, 0.717) is 43.3 Å². The van der Waals surface area contributed by atoms with Crippen LogP contribution in [0.4, 0.5) is 4.79 Å². The van der Waals surface area contributed by atoms with Gasteiger partial charge < -0.3 is 19.1 Å². The minimum Gasteiger partial charge on any atom is -0.491 e. The molecule has 0 aliphatic carbocycles. The second kappa shape index (κ2) is 9.57. The number of hydrogen-bond acceptors (Lipinski definition) is 6. The fourth-order valence-corrected chi connectivity index (χ4v) is 2.83. The van der Waals surface area contributed by atoms with Gasteiger partial charge in [0.25, 0.3) is 0 Å². The average Bonchev–Trinajstić information content (AvgIpc) is 2.62. The van der Waals surface area contributed by atoms with E-state index in [4.69, 9.17) is 14.2 Å². The number of pyridine rings is 1. The van der Waals surface area contributed by atoms with Crippen LogP contribution in [0.2, 0.25) is 0 Å². The molecule has 2 rings (SSSR count). The highest BCUT2D eigenvalue weighted by atomic mass is 16.6. The zero-order chi connectivity index (χ0) is 20.7. The standard InChI is InChI=1S/C21H30N2O5/c1-6-26-18-14-22-16(13-17(18)19(24)27-7-2)12-15-8-10-23(11-9-15)20(25)28-21(3,4)5/h12-14H,6-11H2,1-5H3. The smallest absolute Gasteiger partial charge is 0.410 e. The summed E-state index contributed by atoms with van der Waals surface area (Å²) in [6.45, 7) is 11.1. The minimum absolute atomic E-state index is 0.282. The maximum absolute atomic E-state index is 12.2. The number of esters is 1. The average molecular weight is 390 g/mol. The Bertz CT molecular complexity index is 727. The Balaban J connectivity index is 2.08. The van der Waals surface area contributed by atoms with Crippen molar-refractivity contribution in [3.05, 3.63) is 29.1 Å². The minimum atomic E-state index is -0.497. The number of hydrogen-bond donors (Lipinski definition) is 0. The summed E-state index contributed by atoms with van der Waals surface area (Å²) < 4.78 is 16.0. The lowest BCUT2D eigenvalue weighted by atomic mass is 10.0. The maximum atomic E-state index is 12.2. The SMILES string of the molecule is CCOC(=O)c1cc(C=C2CCN(C(=O)OC(C)(C)C)CC2)ncc1OCC. The molecule has 0 aromatic carbocycles. The molecule has 7 heteroatoms. The van der Waals surface area contributed by atoms with Crippen LogP contribution in [-0.2, 0) is 9.47 Å². The van der Waals surface area contributed by atoms with Gasteiger partial charge in [0.1, 0.15) is 11.2 Å². The number of amides is 1. The van der Waals surface area contributed by atoms with Crippen molar-refractivity contribution in [2.75, 3.05) is 26.3 Å². The topological polar surface area (TPSA) is 78.0 Å². The van der Waals surface area contributed by atoms with E-state index in [0.717, 1.165) is 12.8 Å². The lowest BCUT2D eigenvalue weighted by molar-refractivity contribution is 0.0236. The van der Waals surface area contributed by atoms with E-state index in [2.05, 4.69) is 4.98 Å². The Hall–Kier alpha value is -2.57. The molecule has 7 nitrogen and oxygen atoms in total. The Morgan fingerprint density at radius 2 is 1.86 bits per heavy atom. The molecule has 0 N–H and O–H groups in total. The fraction of sp³-hybridized carbons (Fsp3) is 0.571. The highest BCUT2D eigenvalue weighted by Gasteiger charge is 2.24. The lowest BCUT2D eigenvalue weighted by Gasteiger charge is -2.31. The molecule has 0 atom stereocenters. The van der Waals surface area contributed by atoms with Gasteiger partial charge in [0, 0.05) is 13.1 Å². The predicted octanol–water partition coefficient (Wildman–Crippen LogP) is 4.07. The summed E-state index contributed by atoms with van der Waals surface area (Å²) in [5, 5.41) is 0. The van der Waals surface area contributed by atoms with Crippen LogP contribution in [0.15, 0.2) is 17.8 Å². The molecule has 0 radical (unpaired) electrons. The van der Waals surface area contributed by atoms with E-state index in [-0.39, 0.29) is 6.09 Å². The van der Waals surface area contributed by atoms with Crippen LogP contribution < -0.4 is 4.74 Å². The van der Waals surface area contributed by atoms with Crippen LogP contribution in [0, 0.1) is 0 Å². The second-order valence-electron chi connectivity index (χ2n) is 7.53. The number of aromatic nitrogens is 1. The van der Waals surface area contributed by atoms with Gasteiger partial charge in [0.2, 0.25) is 0 Å². The van der Waals surface area contributed by atoms with Gasteiger partial charge >= 0.3 is 12.1 Å². The van der Waals surface area contributed by atoms with Gasteiger partial charge in [0.15, 0.2) is 5.75 Å². The number of rotatable bonds is 5. The van der Waals surface area contributed by atoms with Gasteiger partial charge in [0.05, 0.1) is 25.1 Å². The molecule has 0 unspecified atom stereocenters. The molecule has 1 aliphatic heterocycles. The van der Waals surface area contributed by atoms with Crippen LogP contribution in [-0.4, -0.2) is 53.9 Å². The van der Waals surface area contributed by atoms with Crippen LogP contribution in [0.5, 0.6) is 5.75 Å². The second-order valence-corrected chi connectivity index (χ2v) is 7.53. The van der Waals surface area contributed by atoms with Crippen molar-refractivity contribution in [2.24, 2.45) is 0 Å². The summed E-state index contributed by atoms with van der Waals surface area (Å²) in [5.74, 6) is -0.00408. The van der Waals surface area contributed by atoms with Gasteiger partial charge in [-0.25, -0.2) is 9.59 Å². The van der Waals surface area contributed by atoms with Crippen LogP contribution in [0.25, 0.3) is 6.08 Å². The number of carbonyl (C=O) groups is 2. The fourth-order valence-electron chi connectivity index (χ4n) is 2.83. The molecule has 0 saturated carbocycles.